The van der Waals surface area contributed by atoms with E-state index in [9.17, 15) is 4.79 Å². The molecule has 4 rings (SSSR count). The van der Waals surface area contributed by atoms with E-state index in [1.54, 1.807) is 12.3 Å². The SMILES string of the molecule is NCC1CCCN1C(=O)Nc1ccnc2ccc(Oc3ccccc3)cc12. The highest BCUT2D eigenvalue weighted by Gasteiger charge is 2.27. The molecule has 0 radical (unpaired) electrons. The maximum Gasteiger partial charge on any atom is 0.322 e. The minimum absolute atomic E-state index is 0.107. The number of nitrogens with two attached hydrogens (primary N) is 1. The molecule has 6 heteroatoms. The Labute approximate surface area is 157 Å². The highest BCUT2D eigenvalue weighted by atomic mass is 16.5. The van der Waals surface area contributed by atoms with Gasteiger partial charge in [-0.25, -0.2) is 4.79 Å². The van der Waals surface area contributed by atoms with Gasteiger partial charge in [0.05, 0.1) is 11.2 Å². The number of nitrogens with one attached hydrogen (secondary N) is 1. The number of carbonyl (C=O) groups excluding carboxylic acids is 1. The molecule has 27 heavy (non-hydrogen) atoms. The van der Waals surface area contributed by atoms with Crippen molar-refractivity contribution in [1.82, 2.24) is 9.88 Å². The number of benzene rings is 2. The van der Waals surface area contributed by atoms with Crippen molar-refractivity contribution in [3.05, 3.63) is 60.8 Å². The van der Waals surface area contributed by atoms with Crippen LogP contribution >= 0.6 is 0 Å². The molecule has 3 N–H and O–H groups in total. The Bertz CT molecular complexity index is 945. The van der Waals surface area contributed by atoms with Crippen molar-refractivity contribution in [2.24, 2.45) is 5.73 Å². The van der Waals surface area contributed by atoms with E-state index >= 15 is 0 Å². The van der Waals surface area contributed by atoms with Crippen molar-refractivity contribution in [3.8, 4) is 11.5 Å². The number of para-hydroxylation sites is 1. The van der Waals surface area contributed by atoms with Gasteiger partial charge < -0.3 is 20.7 Å². The first kappa shape index (κ1) is 17.3. The first-order valence-electron chi connectivity index (χ1n) is 9.14. The summed E-state index contributed by atoms with van der Waals surface area (Å²) in [7, 11) is 0. The van der Waals surface area contributed by atoms with Gasteiger partial charge in [-0.2, -0.15) is 0 Å². The molecule has 1 aliphatic heterocycles. The van der Waals surface area contributed by atoms with Gasteiger partial charge in [-0.1, -0.05) is 18.2 Å². The normalized spacial score (nSPS) is 16.5. The summed E-state index contributed by atoms with van der Waals surface area (Å²) in [6.07, 6.45) is 3.64. The molecule has 6 nitrogen and oxygen atoms in total. The maximum atomic E-state index is 12.7. The molecule has 1 atom stereocenters. The molecule has 0 saturated carbocycles. The molecule has 1 unspecified atom stereocenters. The minimum atomic E-state index is -0.121. The number of likely N-dealkylation sites (tertiary alicyclic amines) is 1. The van der Waals surface area contributed by atoms with Gasteiger partial charge in [-0.3, -0.25) is 4.98 Å². The van der Waals surface area contributed by atoms with E-state index in [1.807, 2.05) is 53.4 Å². The van der Waals surface area contributed by atoms with Crippen LogP contribution in [0.15, 0.2) is 60.8 Å². The van der Waals surface area contributed by atoms with E-state index < -0.39 is 0 Å². The Morgan fingerprint density at radius 2 is 2.04 bits per heavy atom. The van der Waals surface area contributed by atoms with E-state index in [1.165, 1.54) is 0 Å². The summed E-state index contributed by atoms with van der Waals surface area (Å²) in [5.74, 6) is 1.45. The lowest BCUT2D eigenvalue weighted by Gasteiger charge is -2.24. The number of carbonyl (C=O) groups is 1. The van der Waals surface area contributed by atoms with Crippen molar-refractivity contribution >= 4 is 22.6 Å². The molecule has 2 heterocycles. The molecule has 2 amide bonds. The summed E-state index contributed by atoms with van der Waals surface area (Å²) in [5.41, 5.74) is 7.30. The number of anilines is 1. The van der Waals surface area contributed by atoms with Gasteiger partial charge in [0.15, 0.2) is 0 Å². The largest absolute Gasteiger partial charge is 0.457 e. The van der Waals surface area contributed by atoms with E-state index in [4.69, 9.17) is 10.5 Å². The number of rotatable bonds is 4. The van der Waals surface area contributed by atoms with Crippen LogP contribution in [-0.4, -0.2) is 35.0 Å². The smallest absolute Gasteiger partial charge is 0.322 e. The molecule has 1 aliphatic rings. The van der Waals surface area contributed by atoms with Crippen LogP contribution in [-0.2, 0) is 0 Å². The molecule has 2 aromatic carbocycles. The van der Waals surface area contributed by atoms with Crippen molar-refractivity contribution in [3.63, 3.8) is 0 Å². The van der Waals surface area contributed by atoms with Crippen LogP contribution < -0.4 is 15.8 Å². The summed E-state index contributed by atoms with van der Waals surface area (Å²) >= 11 is 0. The van der Waals surface area contributed by atoms with Crippen molar-refractivity contribution in [2.45, 2.75) is 18.9 Å². The van der Waals surface area contributed by atoms with Crippen LogP contribution in [0.25, 0.3) is 10.9 Å². The third-order valence-corrected chi connectivity index (χ3v) is 4.84. The Balaban J connectivity index is 1.60. The third-order valence-electron chi connectivity index (χ3n) is 4.84. The van der Waals surface area contributed by atoms with Crippen LogP contribution in [0, 0.1) is 0 Å². The average molecular weight is 362 g/mol. The second-order valence-electron chi connectivity index (χ2n) is 6.61. The van der Waals surface area contributed by atoms with Gasteiger partial charge >= 0.3 is 6.03 Å². The Morgan fingerprint density at radius 1 is 1.19 bits per heavy atom. The van der Waals surface area contributed by atoms with Crippen molar-refractivity contribution in [1.29, 1.82) is 0 Å². The van der Waals surface area contributed by atoms with E-state index in [0.717, 1.165) is 36.0 Å². The number of ether oxygens (including phenoxy) is 1. The van der Waals surface area contributed by atoms with E-state index in [-0.39, 0.29) is 12.1 Å². The summed E-state index contributed by atoms with van der Waals surface area (Å²) < 4.78 is 5.91. The number of nitrogens with zero attached hydrogens (tertiary/aromatic N) is 2. The number of pyridine rings is 1. The number of fused-ring (bicyclic) bond motifs is 1. The number of hydrogen-bond acceptors (Lipinski definition) is 4. The Kier molecular flexibility index (Phi) is 4.89. The number of urea groups is 1. The number of aromatic nitrogens is 1. The lowest BCUT2D eigenvalue weighted by Crippen LogP contribution is -2.42. The molecular weight excluding hydrogens is 340 g/mol. The van der Waals surface area contributed by atoms with Crippen LogP contribution in [0.5, 0.6) is 11.5 Å². The molecule has 138 valence electrons. The zero-order chi connectivity index (χ0) is 18.6. The lowest BCUT2D eigenvalue weighted by atomic mass is 10.1. The number of hydrogen-bond donors (Lipinski definition) is 2. The second kappa shape index (κ2) is 7.63. The van der Waals surface area contributed by atoms with Crippen LogP contribution in [0.2, 0.25) is 0 Å². The fourth-order valence-electron chi connectivity index (χ4n) is 3.46. The minimum Gasteiger partial charge on any atom is -0.457 e. The van der Waals surface area contributed by atoms with Gasteiger partial charge in [-0.05, 0) is 49.2 Å². The topological polar surface area (TPSA) is 80.5 Å². The zero-order valence-corrected chi connectivity index (χ0v) is 15.0. The number of amides is 2. The van der Waals surface area contributed by atoms with Gasteiger partial charge in [0.25, 0.3) is 0 Å². The molecule has 1 aromatic heterocycles. The van der Waals surface area contributed by atoms with Crippen molar-refractivity contribution in [2.75, 3.05) is 18.4 Å². The van der Waals surface area contributed by atoms with Crippen LogP contribution in [0.3, 0.4) is 0 Å². The summed E-state index contributed by atoms with van der Waals surface area (Å²) in [4.78, 5) is 18.9. The summed E-state index contributed by atoms with van der Waals surface area (Å²) in [6, 6.07) is 17.0. The van der Waals surface area contributed by atoms with Gasteiger partial charge in [-0.15, -0.1) is 0 Å². The predicted octanol–water partition coefficient (Wildman–Crippen LogP) is 3.98. The third kappa shape index (κ3) is 3.71. The molecule has 1 fully saturated rings. The average Bonchev–Trinajstić information content (AvgIpc) is 3.18. The zero-order valence-electron chi connectivity index (χ0n) is 15.0. The lowest BCUT2D eigenvalue weighted by molar-refractivity contribution is 0.208. The maximum absolute atomic E-state index is 12.7. The molecule has 0 spiro atoms. The van der Waals surface area contributed by atoms with Crippen LogP contribution in [0.1, 0.15) is 12.8 Å². The van der Waals surface area contributed by atoms with Crippen LogP contribution in [0.4, 0.5) is 10.5 Å². The fraction of sp³-hybridized carbons (Fsp3) is 0.238. The Morgan fingerprint density at radius 3 is 2.85 bits per heavy atom. The summed E-state index contributed by atoms with van der Waals surface area (Å²) in [6.45, 7) is 1.22. The molecule has 0 aliphatic carbocycles. The highest BCUT2D eigenvalue weighted by Crippen LogP contribution is 2.29. The van der Waals surface area contributed by atoms with Gasteiger partial charge in [0, 0.05) is 30.7 Å². The molecule has 1 saturated heterocycles. The van der Waals surface area contributed by atoms with Crippen molar-refractivity contribution < 1.29 is 9.53 Å². The molecule has 3 aromatic rings. The van der Waals surface area contributed by atoms with E-state index in [2.05, 4.69) is 10.3 Å². The van der Waals surface area contributed by atoms with Gasteiger partial charge in [0.2, 0.25) is 0 Å². The summed E-state index contributed by atoms with van der Waals surface area (Å²) in [5, 5.41) is 3.85. The van der Waals surface area contributed by atoms with Gasteiger partial charge in [0.1, 0.15) is 11.5 Å². The highest BCUT2D eigenvalue weighted by molar-refractivity contribution is 6.00. The molecular formula is C21H22N4O2. The first-order chi connectivity index (χ1) is 13.2. The molecule has 0 bridgehead atoms. The van der Waals surface area contributed by atoms with E-state index in [0.29, 0.717) is 18.0 Å². The first-order valence-corrected chi connectivity index (χ1v) is 9.14. The second-order valence-corrected chi connectivity index (χ2v) is 6.61. The Hall–Kier alpha value is -3.12. The fourth-order valence-corrected chi connectivity index (χ4v) is 3.46. The quantitative estimate of drug-likeness (QED) is 0.735. The standard InChI is InChI=1S/C21H22N4O2/c22-14-15-5-4-12-25(15)21(26)24-20-10-11-23-19-9-8-17(13-18(19)20)27-16-6-2-1-3-7-16/h1-3,6-11,13,15H,4-5,12,14,22H2,(H,23,24,26). The monoisotopic (exact) mass is 362 g/mol. The predicted molar refractivity (Wildman–Crippen MR) is 106 cm³/mol.